The van der Waals surface area contributed by atoms with Gasteiger partial charge < -0.3 is 16.0 Å². The van der Waals surface area contributed by atoms with E-state index in [0.717, 1.165) is 18.8 Å². The maximum Gasteiger partial charge on any atom is 0.251 e. The number of carbonyl (C=O) groups excluding carboxylic acids is 1. The highest BCUT2D eigenvalue weighted by Crippen LogP contribution is 2.33. The normalized spacial score (nSPS) is 25.7. The number of hydrogen-bond acceptors (Lipinski definition) is 4. The molecule has 1 amide bonds. The molecule has 114 valence electrons. The summed E-state index contributed by atoms with van der Waals surface area (Å²) in [6, 6.07) is 6.96. The summed E-state index contributed by atoms with van der Waals surface area (Å²) in [7, 11) is 3.87. The van der Waals surface area contributed by atoms with Gasteiger partial charge in [0.15, 0.2) is 0 Å². The van der Waals surface area contributed by atoms with Crippen LogP contribution in [-0.4, -0.2) is 50.1 Å². The molecule has 21 heavy (non-hydrogen) atoms. The third-order valence-electron chi connectivity index (χ3n) is 5.01. The second kappa shape index (κ2) is 5.56. The van der Waals surface area contributed by atoms with E-state index in [0.29, 0.717) is 23.3 Å². The first-order chi connectivity index (χ1) is 10.1. The number of nitrogen functional groups attached to an aromatic ring is 1. The monoisotopic (exact) mass is 288 g/mol. The number of likely N-dealkylation sites (N-methyl/N-ethyl adjacent to an activating group) is 1. The van der Waals surface area contributed by atoms with Gasteiger partial charge in [0.05, 0.1) is 11.4 Å². The van der Waals surface area contributed by atoms with Crippen molar-refractivity contribution >= 4 is 17.3 Å². The third-order valence-corrected chi connectivity index (χ3v) is 5.01. The standard InChI is InChI=1S/C16H24N4O/c1-18-16(21)11-3-6-15(14(17)9-11)20-8-7-12-4-5-13(10-20)19(12)2/h3,6,9,12-13H,4-5,7-8,10,17H2,1-2H3,(H,18,21). The molecule has 5 nitrogen and oxygen atoms in total. The number of rotatable bonds is 2. The van der Waals surface area contributed by atoms with Crippen molar-refractivity contribution in [2.24, 2.45) is 0 Å². The Morgan fingerprint density at radius 2 is 2.05 bits per heavy atom. The van der Waals surface area contributed by atoms with Gasteiger partial charge >= 0.3 is 0 Å². The Bertz CT molecular complexity index is 545. The van der Waals surface area contributed by atoms with Gasteiger partial charge in [0.25, 0.3) is 5.91 Å². The van der Waals surface area contributed by atoms with Crippen LogP contribution in [0.1, 0.15) is 29.6 Å². The predicted molar refractivity (Wildman–Crippen MR) is 85.6 cm³/mol. The van der Waals surface area contributed by atoms with Crippen molar-refractivity contribution in [3.8, 4) is 0 Å². The molecule has 3 rings (SSSR count). The highest BCUT2D eigenvalue weighted by Gasteiger charge is 2.35. The van der Waals surface area contributed by atoms with Crippen LogP contribution in [0.25, 0.3) is 0 Å². The predicted octanol–water partition coefficient (Wildman–Crippen LogP) is 1.30. The molecule has 2 saturated heterocycles. The van der Waals surface area contributed by atoms with Crippen LogP contribution in [0.5, 0.6) is 0 Å². The van der Waals surface area contributed by atoms with E-state index in [1.54, 1.807) is 13.1 Å². The topological polar surface area (TPSA) is 61.6 Å². The average molecular weight is 288 g/mol. The number of nitrogens with zero attached hydrogens (tertiary/aromatic N) is 2. The van der Waals surface area contributed by atoms with Crippen molar-refractivity contribution in [1.29, 1.82) is 0 Å². The first kappa shape index (κ1) is 14.2. The number of carbonyl (C=O) groups is 1. The molecular weight excluding hydrogens is 264 g/mol. The van der Waals surface area contributed by atoms with Gasteiger partial charge in [-0.05, 0) is 44.5 Å². The van der Waals surface area contributed by atoms with E-state index in [1.807, 2.05) is 12.1 Å². The van der Waals surface area contributed by atoms with Crippen LogP contribution in [-0.2, 0) is 0 Å². The van der Waals surface area contributed by atoms with E-state index in [-0.39, 0.29) is 5.91 Å². The Kier molecular flexibility index (Phi) is 3.76. The van der Waals surface area contributed by atoms with Gasteiger partial charge in [-0.1, -0.05) is 0 Å². The molecule has 1 aromatic rings. The van der Waals surface area contributed by atoms with Crippen LogP contribution in [0.3, 0.4) is 0 Å². The summed E-state index contributed by atoms with van der Waals surface area (Å²) in [5, 5.41) is 2.63. The van der Waals surface area contributed by atoms with Crippen molar-refractivity contribution in [2.75, 3.05) is 37.8 Å². The molecule has 5 heteroatoms. The maximum absolute atomic E-state index is 11.7. The lowest BCUT2D eigenvalue weighted by atomic mass is 10.1. The Morgan fingerprint density at radius 3 is 2.76 bits per heavy atom. The highest BCUT2D eigenvalue weighted by molar-refractivity contribution is 5.96. The summed E-state index contributed by atoms with van der Waals surface area (Å²) >= 11 is 0. The minimum Gasteiger partial charge on any atom is -0.397 e. The van der Waals surface area contributed by atoms with Gasteiger partial charge in [-0.25, -0.2) is 0 Å². The fourth-order valence-electron chi connectivity index (χ4n) is 3.66. The van der Waals surface area contributed by atoms with E-state index >= 15 is 0 Å². The molecule has 3 N–H and O–H groups in total. The highest BCUT2D eigenvalue weighted by atomic mass is 16.1. The largest absolute Gasteiger partial charge is 0.397 e. The van der Waals surface area contributed by atoms with Crippen LogP contribution < -0.4 is 16.0 Å². The number of nitrogens with one attached hydrogen (secondary N) is 1. The van der Waals surface area contributed by atoms with Crippen molar-refractivity contribution in [3.63, 3.8) is 0 Å². The van der Waals surface area contributed by atoms with Crippen LogP contribution >= 0.6 is 0 Å². The van der Waals surface area contributed by atoms with Crippen molar-refractivity contribution in [2.45, 2.75) is 31.3 Å². The fourth-order valence-corrected chi connectivity index (χ4v) is 3.66. The number of amides is 1. The zero-order valence-electron chi connectivity index (χ0n) is 12.8. The summed E-state index contributed by atoms with van der Waals surface area (Å²) in [5.74, 6) is -0.0945. The van der Waals surface area contributed by atoms with Gasteiger partial charge in [-0.15, -0.1) is 0 Å². The van der Waals surface area contributed by atoms with Crippen molar-refractivity contribution in [1.82, 2.24) is 10.2 Å². The lowest BCUT2D eigenvalue weighted by Crippen LogP contribution is -2.36. The number of hydrogen-bond donors (Lipinski definition) is 2. The summed E-state index contributed by atoms with van der Waals surface area (Å²) in [4.78, 5) is 16.6. The van der Waals surface area contributed by atoms with Gasteiger partial charge in [-0.2, -0.15) is 0 Å². The molecule has 0 radical (unpaired) electrons. The lowest BCUT2D eigenvalue weighted by molar-refractivity contribution is 0.0963. The second-order valence-corrected chi connectivity index (χ2v) is 6.14. The molecule has 2 fully saturated rings. The van der Waals surface area contributed by atoms with Crippen LogP contribution in [0.2, 0.25) is 0 Å². The molecule has 1 aromatic carbocycles. The molecule has 0 spiro atoms. The molecular formula is C16H24N4O. The van der Waals surface area contributed by atoms with Crippen LogP contribution in [0, 0.1) is 0 Å². The molecule has 0 saturated carbocycles. The zero-order chi connectivity index (χ0) is 15.0. The maximum atomic E-state index is 11.7. The van der Waals surface area contributed by atoms with E-state index < -0.39 is 0 Å². The van der Waals surface area contributed by atoms with Crippen LogP contribution in [0.4, 0.5) is 11.4 Å². The first-order valence-electron chi connectivity index (χ1n) is 7.68. The van der Waals surface area contributed by atoms with Crippen molar-refractivity contribution < 1.29 is 4.79 Å². The van der Waals surface area contributed by atoms with E-state index in [4.69, 9.17) is 5.73 Å². The average Bonchev–Trinajstić information content (AvgIpc) is 2.72. The Morgan fingerprint density at radius 1 is 1.29 bits per heavy atom. The summed E-state index contributed by atoms with van der Waals surface area (Å²) in [6.45, 7) is 2.06. The van der Waals surface area contributed by atoms with E-state index in [2.05, 4.69) is 22.2 Å². The molecule has 2 aliphatic heterocycles. The number of fused-ring (bicyclic) bond motifs is 2. The Hall–Kier alpha value is -1.75. The second-order valence-electron chi connectivity index (χ2n) is 6.14. The number of nitrogens with two attached hydrogens (primary N) is 1. The molecule has 0 aromatic heterocycles. The lowest BCUT2D eigenvalue weighted by Gasteiger charge is -2.28. The van der Waals surface area contributed by atoms with E-state index in [1.165, 1.54) is 19.3 Å². The van der Waals surface area contributed by atoms with Crippen molar-refractivity contribution in [3.05, 3.63) is 23.8 Å². The SMILES string of the molecule is CNC(=O)c1ccc(N2CCC3CCC(C2)N3C)c(N)c1. The Balaban J connectivity index is 1.82. The minimum absolute atomic E-state index is 0.0945. The van der Waals surface area contributed by atoms with Gasteiger partial charge in [0.1, 0.15) is 0 Å². The summed E-state index contributed by atoms with van der Waals surface area (Å²) in [6.07, 6.45) is 3.78. The molecule has 2 aliphatic rings. The minimum atomic E-state index is -0.0945. The molecule has 2 atom stereocenters. The van der Waals surface area contributed by atoms with Gasteiger partial charge in [0.2, 0.25) is 0 Å². The third kappa shape index (κ3) is 2.58. The van der Waals surface area contributed by atoms with Gasteiger partial charge in [-0.3, -0.25) is 9.69 Å². The number of anilines is 2. The Labute approximate surface area is 126 Å². The molecule has 2 heterocycles. The zero-order valence-corrected chi connectivity index (χ0v) is 12.8. The van der Waals surface area contributed by atoms with Crippen LogP contribution in [0.15, 0.2) is 18.2 Å². The van der Waals surface area contributed by atoms with E-state index in [9.17, 15) is 4.79 Å². The van der Waals surface area contributed by atoms with Gasteiger partial charge in [0, 0.05) is 37.8 Å². The first-order valence-corrected chi connectivity index (χ1v) is 7.68. The molecule has 2 unspecified atom stereocenters. The number of benzene rings is 1. The fraction of sp³-hybridized carbons (Fsp3) is 0.562. The smallest absolute Gasteiger partial charge is 0.251 e. The summed E-state index contributed by atoms with van der Waals surface area (Å²) < 4.78 is 0. The quantitative estimate of drug-likeness (QED) is 0.805. The summed E-state index contributed by atoms with van der Waals surface area (Å²) in [5.41, 5.74) is 8.56. The molecule has 0 aliphatic carbocycles. The molecule has 2 bridgehead atoms.